The number of phenolic OH excluding ortho intramolecular Hbond substituents is 1. The second kappa shape index (κ2) is 30.2. The summed E-state index contributed by atoms with van der Waals surface area (Å²) < 4.78 is 49.2. The molecule has 0 aliphatic carbocycles. The van der Waals surface area contributed by atoms with E-state index >= 15 is 0 Å². The second-order valence-corrected chi connectivity index (χ2v) is 33.6. The van der Waals surface area contributed by atoms with Crippen LogP contribution in [0.1, 0.15) is 204 Å². The van der Waals surface area contributed by atoms with Crippen molar-refractivity contribution in [3.8, 4) is 5.75 Å². The minimum atomic E-state index is -0.177. The highest BCUT2D eigenvalue weighted by Crippen LogP contribution is 2.52. The number of aromatic hydroxyl groups is 1. The van der Waals surface area contributed by atoms with Crippen molar-refractivity contribution in [3.63, 3.8) is 0 Å². The van der Waals surface area contributed by atoms with Gasteiger partial charge in [0, 0.05) is 70.7 Å². The molecule has 4 fully saturated rings. The molecule has 0 radical (unpaired) electrons. The molecule has 540 valence electrons. The topological polar surface area (TPSA) is 142 Å². The molecule has 17 heteroatoms. The van der Waals surface area contributed by atoms with Crippen molar-refractivity contribution in [1.82, 2.24) is 0 Å². The third-order valence-corrected chi connectivity index (χ3v) is 22.1. The summed E-state index contributed by atoms with van der Waals surface area (Å²) in [6, 6.07) is 53.3. The minimum Gasteiger partial charge on any atom is -0.508 e. The molecule has 0 bridgehead atoms. The Balaban J connectivity index is 0.000000121. The third-order valence-electron chi connectivity index (χ3n) is 20.8. The molecule has 16 rings (SSSR count). The van der Waals surface area contributed by atoms with E-state index in [1.54, 1.807) is 12.1 Å². The summed E-state index contributed by atoms with van der Waals surface area (Å²) in [5, 5.41) is 26.8. The first-order chi connectivity index (χ1) is 48.6. The summed E-state index contributed by atoms with van der Waals surface area (Å²) in [7, 11) is 0. The van der Waals surface area contributed by atoms with Gasteiger partial charge in [-0.15, -0.1) is 0 Å². The lowest BCUT2D eigenvalue weighted by Gasteiger charge is -2.43. The predicted octanol–water partition coefficient (Wildman–Crippen LogP) is 21.1. The molecule has 0 saturated carbocycles. The molecule has 12 atom stereocenters. The van der Waals surface area contributed by atoms with Crippen LogP contribution in [0.25, 0.3) is 0 Å². The average molecular weight is 1460 g/mol. The van der Waals surface area contributed by atoms with Crippen LogP contribution in [-0.4, -0.2) is 82.4 Å². The zero-order valence-corrected chi connectivity index (χ0v) is 63.8. The number of hydrogen-bond donors (Lipinski definition) is 5. The van der Waals surface area contributed by atoms with Gasteiger partial charge in [-0.2, -0.15) is 0 Å². The first-order valence-corrected chi connectivity index (χ1v) is 37.4. The number of fused-ring (bicyclic) bond motifs is 12. The van der Waals surface area contributed by atoms with Crippen molar-refractivity contribution in [1.29, 1.82) is 0 Å². The second-order valence-electron chi connectivity index (χ2n) is 31.9. The molecule has 5 N–H and O–H groups in total. The molecular formula is C85H98Cl4N4O9. The Morgan fingerprint density at radius 2 is 0.608 bits per heavy atom. The molecule has 8 aromatic rings. The summed E-state index contributed by atoms with van der Waals surface area (Å²) in [5.74, 6) is 0.155. The molecule has 8 aliphatic rings. The smallest absolute Gasteiger partial charge is 0.117 e. The van der Waals surface area contributed by atoms with Gasteiger partial charge in [-0.25, -0.2) is 0 Å². The fourth-order valence-corrected chi connectivity index (χ4v) is 16.3. The largest absolute Gasteiger partial charge is 0.508 e. The maximum Gasteiger partial charge on any atom is 0.117 e. The van der Waals surface area contributed by atoms with Crippen LogP contribution in [0.5, 0.6) is 5.75 Å². The van der Waals surface area contributed by atoms with Crippen LogP contribution >= 0.6 is 46.4 Å². The number of phenols is 1. The van der Waals surface area contributed by atoms with Crippen molar-refractivity contribution in [2.24, 2.45) is 0 Å². The highest BCUT2D eigenvalue weighted by atomic mass is 35.5. The quantitative estimate of drug-likeness (QED) is 0.114. The molecule has 4 saturated heterocycles. The lowest BCUT2D eigenvalue weighted by Crippen LogP contribution is -2.43. The van der Waals surface area contributed by atoms with Crippen LogP contribution < -0.4 is 21.3 Å². The highest BCUT2D eigenvalue weighted by Gasteiger charge is 2.47. The SMILES string of the molecule is CC(C)(C)c1ccc2c(c1)C1OCCOC1C(c1c(Cl)cccc1Cl)N2.CC(C)(C)c1ccc2c(c1)C1OCCOC1C(c1ccc(O)cc1Cl)N2.CC(C)(C)c1ccc2c(c1)C1OCCOC1C(c1ccccc1Cl)N2.Cc1ccccc1C1Nc2ccc(C(C)(C)C)cc2C2OCCOC12. The predicted molar refractivity (Wildman–Crippen MR) is 412 cm³/mol. The third kappa shape index (κ3) is 15.6. The van der Waals surface area contributed by atoms with Crippen molar-refractivity contribution in [2.75, 3.05) is 74.1 Å². The van der Waals surface area contributed by atoms with Gasteiger partial charge in [0.2, 0.25) is 0 Å². The number of benzene rings is 8. The minimum absolute atomic E-state index is 0.00225. The molecule has 8 heterocycles. The summed E-state index contributed by atoms with van der Waals surface area (Å²) >= 11 is 25.8. The molecule has 0 spiro atoms. The molecule has 8 aromatic carbocycles. The zero-order valence-electron chi connectivity index (χ0n) is 60.8. The van der Waals surface area contributed by atoms with Gasteiger partial charge in [0.05, 0.1) is 77.0 Å². The molecule has 12 unspecified atom stereocenters. The first kappa shape index (κ1) is 73.9. The van der Waals surface area contributed by atoms with Crippen LogP contribution in [0.3, 0.4) is 0 Å². The summed E-state index contributed by atoms with van der Waals surface area (Å²) in [6.07, 6.45) is -0.811. The van der Waals surface area contributed by atoms with E-state index in [1.165, 1.54) is 44.5 Å². The van der Waals surface area contributed by atoms with E-state index in [4.69, 9.17) is 84.3 Å². The molecule has 0 amide bonds. The van der Waals surface area contributed by atoms with Crippen molar-refractivity contribution in [3.05, 3.63) is 250 Å². The monoisotopic (exact) mass is 1460 g/mol. The van der Waals surface area contributed by atoms with Crippen LogP contribution in [0.4, 0.5) is 22.7 Å². The van der Waals surface area contributed by atoms with Crippen LogP contribution in [0.15, 0.2) is 158 Å². The normalized spacial score (nSPS) is 25.4. The maximum absolute atomic E-state index is 9.67. The van der Waals surface area contributed by atoms with Gasteiger partial charge in [-0.3, -0.25) is 0 Å². The number of halogens is 4. The van der Waals surface area contributed by atoms with Gasteiger partial charge < -0.3 is 64.3 Å². The molecule has 13 nitrogen and oxygen atoms in total. The fourth-order valence-electron chi connectivity index (χ4n) is 15.1. The van der Waals surface area contributed by atoms with E-state index in [0.717, 1.165) is 55.6 Å². The number of ether oxygens (including phenoxy) is 8. The summed E-state index contributed by atoms with van der Waals surface area (Å²) in [6.45, 7) is 33.7. The zero-order chi connectivity index (χ0) is 72.2. The lowest BCUT2D eigenvalue weighted by atomic mass is 9.81. The number of anilines is 4. The number of rotatable bonds is 4. The Hall–Kier alpha value is -6.40. The average Bonchev–Trinajstić information content (AvgIpc) is 0.773. The van der Waals surface area contributed by atoms with Gasteiger partial charge in [0.25, 0.3) is 0 Å². The highest BCUT2D eigenvalue weighted by molar-refractivity contribution is 6.36. The van der Waals surface area contributed by atoms with E-state index < -0.39 is 0 Å². The van der Waals surface area contributed by atoms with Gasteiger partial charge in [0.1, 0.15) is 54.6 Å². The maximum atomic E-state index is 9.67. The van der Waals surface area contributed by atoms with E-state index in [1.807, 2.05) is 42.5 Å². The van der Waals surface area contributed by atoms with Crippen LogP contribution in [0, 0.1) is 6.92 Å². The number of aryl methyl sites for hydroxylation is 1. The molecular weight excluding hydrogens is 1360 g/mol. The van der Waals surface area contributed by atoms with E-state index in [2.05, 4.69) is 214 Å². The van der Waals surface area contributed by atoms with E-state index in [-0.39, 0.29) is 100 Å². The van der Waals surface area contributed by atoms with E-state index in [0.29, 0.717) is 67.9 Å². The van der Waals surface area contributed by atoms with E-state index in [9.17, 15) is 5.11 Å². The Morgan fingerprint density at radius 1 is 0.304 bits per heavy atom. The Bertz CT molecular complexity index is 4160. The van der Waals surface area contributed by atoms with Crippen LogP contribution in [-0.2, 0) is 59.6 Å². The van der Waals surface area contributed by atoms with Crippen molar-refractivity contribution in [2.45, 2.75) is 185 Å². The van der Waals surface area contributed by atoms with Crippen molar-refractivity contribution < 1.29 is 43.0 Å². The summed E-state index contributed by atoms with van der Waals surface area (Å²) in [5.41, 5.74) is 19.9. The van der Waals surface area contributed by atoms with Crippen molar-refractivity contribution >= 4 is 69.2 Å². The summed E-state index contributed by atoms with van der Waals surface area (Å²) in [4.78, 5) is 0. The number of nitrogens with one attached hydrogen (secondary N) is 4. The van der Waals surface area contributed by atoms with Crippen LogP contribution in [0.2, 0.25) is 20.1 Å². The Labute approximate surface area is 622 Å². The molecule has 0 aromatic heterocycles. The first-order valence-electron chi connectivity index (χ1n) is 35.9. The molecule has 8 aliphatic heterocycles. The lowest BCUT2D eigenvalue weighted by molar-refractivity contribution is -0.151. The fraction of sp³-hybridized carbons (Fsp3) is 0.435. The Kier molecular flexibility index (Phi) is 21.9. The van der Waals surface area contributed by atoms with Gasteiger partial charge in [-0.05, 0) is 128 Å². The number of hydrogen-bond acceptors (Lipinski definition) is 13. The van der Waals surface area contributed by atoms with Gasteiger partial charge in [-0.1, -0.05) is 233 Å². The molecule has 102 heavy (non-hydrogen) atoms. The standard InChI is InChI=1S/C22H27NO2.C21H23Cl2NO2.C21H24ClNO3.C21H24ClNO2/c1-14-7-5-6-8-16(14)19-21-20(24-11-12-25-21)17-13-15(22(2,3)4)9-10-18(17)23-19;1-21(2,3)12-7-8-16-13(11-12)19-20(26-10-9-25-19)18(24-16)17-14(22)5-4-6-15(17)23;1-21(2,3)12-4-7-17-15(10-12)19-20(26-9-8-25-19)18(23-17)14-6-5-13(24)11-16(14)22;1-21(2,3)13-8-9-17-15(12-13)19-20(25-11-10-24-19)18(23-17)14-6-4-5-7-16(14)22/h5-10,13,19-21,23H,11-12H2,1-4H3;4-8,11,18-20,24H,9-10H2,1-3H3;4-7,10-11,18-20,23-24H,8-9H2,1-3H3;4-9,12,18-20,23H,10-11H2,1-3H3. The van der Waals surface area contributed by atoms with Gasteiger partial charge in [0.15, 0.2) is 0 Å². The Morgan fingerprint density at radius 3 is 0.961 bits per heavy atom. The van der Waals surface area contributed by atoms with Gasteiger partial charge >= 0.3 is 0 Å².